The SMILES string of the molecule is CCNC(CC)c1ccc(-c2cc(C)c(F)cc2F)cc1. The zero-order chi connectivity index (χ0) is 15.4. The number of halogens is 2. The Balaban J connectivity index is 2.33. The Bertz CT molecular complexity index is 605. The molecule has 0 amide bonds. The van der Waals surface area contributed by atoms with Crippen LogP contribution < -0.4 is 5.32 Å². The number of hydrogen-bond donors (Lipinski definition) is 1. The Labute approximate surface area is 125 Å². The van der Waals surface area contributed by atoms with Crippen molar-refractivity contribution >= 4 is 0 Å². The molecule has 2 rings (SSSR count). The summed E-state index contributed by atoms with van der Waals surface area (Å²) in [6.45, 7) is 6.76. The van der Waals surface area contributed by atoms with Crippen LogP contribution in [-0.2, 0) is 0 Å². The molecule has 0 aliphatic heterocycles. The van der Waals surface area contributed by atoms with Gasteiger partial charge in [-0.05, 0) is 42.6 Å². The quantitative estimate of drug-likeness (QED) is 0.816. The fourth-order valence-electron chi connectivity index (χ4n) is 2.52. The van der Waals surface area contributed by atoms with Gasteiger partial charge in [0.1, 0.15) is 11.6 Å². The molecule has 0 heterocycles. The first-order chi connectivity index (χ1) is 10.1. The zero-order valence-electron chi connectivity index (χ0n) is 12.7. The van der Waals surface area contributed by atoms with E-state index in [0.29, 0.717) is 17.2 Å². The van der Waals surface area contributed by atoms with Gasteiger partial charge in [-0.15, -0.1) is 0 Å². The second-order valence-electron chi connectivity index (χ2n) is 5.22. The molecule has 2 aromatic rings. The molecular weight excluding hydrogens is 268 g/mol. The fraction of sp³-hybridized carbons (Fsp3) is 0.333. The summed E-state index contributed by atoms with van der Waals surface area (Å²) >= 11 is 0. The maximum Gasteiger partial charge on any atom is 0.133 e. The Hall–Kier alpha value is -1.74. The van der Waals surface area contributed by atoms with Crippen molar-refractivity contribution in [2.24, 2.45) is 0 Å². The van der Waals surface area contributed by atoms with Crippen molar-refractivity contribution in [3.05, 3.63) is 59.2 Å². The van der Waals surface area contributed by atoms with E-state index in [-0.39, 0.29) is 0 Å². The fourth-order valence-corrected chi connectivity index (χ4v) is 2.52. The van der Waals surface area contributed by atoms with E-state index < -0.39 is 11.6 Å². The van der Waals surface area contributed by atoms with Gasteiger partial charge in [-0.2, -0.15) is 0 Å². The van der Waals surface area contributed by atoms with E-state index in [9.17, 15) is 8.78 Å². The van der Waals surface area contributed by atoms with Gasteiger partial charge in [0, 0.05) is 17.7 Å². The average molecular weight is 289 g/mol. The van der Waals surface area contributed by atoms with Crippen molar-refractivity contribution in [2.45, 2.75) is 33.2 Å². The highest BCUT2D eigenvalue weighted by molar-refractivity contribution is 5.65. The van der Waals surface area contributed by atoms with Gasteiger partial charge in [0.15, 0.2) is 0 Å². The molecule has 1 nitrogen and oxygen atoms in total. The number of nitrogens with one attached hydrogen (secondary N) is 1. The highest BCUT2D eigenvalue weighted by Gasteiger charge is 2.11. The smallest absolute Gasteiger partial charge is 0.133 e. The van der Waals surface area contributed by atoms with Crippen LogP contribution in [0.4, 0.5) is 8.78 Å². The lowest BCUT2D eigenvalue weighted by molar-refractivity contribution is 0.537. The molecule has 21 heavy (non-hydrogen) atoms. The first-order valence-electron chi connectivity index (χ1n) is 7.36. The summed E-state index contributed by atoms with van der Waals surface area (Å²) in [6, 6.07) is 10.6. The summed E-state index contributed by atoms with van der Waals surface area (Å²) in [5, 5.41) is 3.41. The van der Waals surface area contributed by atoms with Crippen molar-refractivity contribution in [1.29, 1.82) is 0 Å². The number of hydrogen-bond acceptors (Lipinski definition) is 1. The monoisotopic (exact) mass is 289 g/mol. The first kappa shape index (κ1) is 15.6. The molecule has 1 unspecified atom stereocenters. The summed E-state index contributed by atoms with van der Waals surface area (Å²) in [7, 11) is 0. The molecule has 0 fully saturated rings. The maximum atomic E-state index is 13.9. The van der Waals surface area contributed by atoms with Crippen molar-refractivity contribution in [2.75, 3.05) is 6.54 Å². The van der Waals surface area contributed by atoms with Crippen LogP contribution >= 0.6 is 0 Å². The predicted molar refractivity (Wildman–Crippen MR) is 83.2 cm³/mol. The van der Waals surface area contributed by atoms with Crippen LogP contribution in [0.3, 0.4) is 0 Å². The second kappa shape index (κ2) is 6.81. The number of benzene rings is 2. The van der Waals surface area contributed by atoms with Gasteiger partial charge in [0.2, 0.25) is 0 Å². The molecule has 0 aromatic heterocycles. The van der Waals surface area contributed by atoms with Crippen LogP contribution in [0.5, 0.6) is 0 Å². The molecule has 1 N–H and O–H groups in total. The minimum atomic E-state index is -0.524. The van der Waals surface area contributed by atoms with Crippen LogP contribution in [-0.4, -0.2) is 6.54 Å². The highest BCUT2D eigenvalue weighted by Crippen LogP contribution is 2.27. The Morgan fingerprint density at radius 3 is 2.24 bits per heavy atom. The maximum absolute atomic E-state index is 13.9. The third-order valence-electron chi connectivity index (χ3n) is 3.73. The van der Waals surface area contributed by atoms with Gasteiger partial charge >= 0.3 is 0 Å². The largest absolute Gasteiger partial charge is 0.310 e. The summed E-state index contributed by atoms with van der Waals surface area (Å²) in [6.07, 6.45) is 0.997. The summed E-state index contributed by atoms with van der Waals surface area (Å²) in [4.78, 5) is 0. The van der Waals surface area contributed by atoms with E-state index in [0.717, 1.165) is 24.6 Å². The number of rotatable bonds is 5. The lowest BCUT2D eigenvalue weighted by atomic mass is 9.98. The Morgan fingerprint density at radius 1 is 1.00 bits per heavy atom. The van der Waals surface area contributed by atoms with Crippen molar-refractivity contribution < 1.29 is 8.78 Å². The van der Waals surface area contributed by atoms with Crippen LogP contribution in [0.25, 0.3) is 11.1 Å². The van der Waals surface area contributed by atoms with E-state index >= 15 is 0 Å². The van der Waals surface area contributed by atoms with Crippen molar-refractivity contribution in [1.82, 2.24) is 5.32 Å². The van der Waals surface area contributed by atoms with Crippen LogP contribution in [0, 0.1) is 18.6 Å². The lowest BCUT2D eigenvalue weighted by Gasteiger charge is -2.16. The predicted octanol–water partition coefficient (Wildman–Crippen LogP) is 5.00. The van der Waals surface area contributed by atoms with E-state index in [1.54, 1.807) is 13.0 Å². The minimum absolute atomic E-state index is 0.309. The van der Waals surface area contributed by atoms with E-state index in [1.807, 2.05) is 24.3 Å². The topological polar surface area (TPSA) is 12.0 Å². The third-order valence-corrected chi connectivity index (χ3v) is 3.73. The van der Waals surface area contributed by atoms with Crippen LogP contribution in [0.1, 0.15) is 37.4 Å². The van der Waals surface area contributed by atoms with Gasteiger partial charge in [-0.25, -0.2) is 8.78 Å². The molecule has 112 valence electrons. The van der Waals surface area contributed by atoms with E-state index in [2.05, 4.69) is 19.2 Å². The summed E-state index contributed by atoms with van der Waals surface area (Å²) < 4.78 is 27.2. The summed E-state index contributed by atoms with van der Waals surface area (Å²) in [5.74, 6) is -1.03. The molecule has 0 aliphatic carbocycles. The van der Waals surface area contributed by atoms with Gasteiger partial charge in [0.25, 0.3) is 0 Å². The molecule has 1 atom stereocenters. The van der Waals surface area contributed by atoms with Crippen LogP contribution in [0.15, 0.2) is 36.4 Å². The number of aryl methyl sites for hydroxylation is 1. The second-order valence-corrected chi connectivity index (χ2v) is 5.22. The van der Waals surface area contributed by atoms with Gasteiger partial charge in [-0.1, -0.05) is 38.1 Å². The van der Waals surface area contributed by atoms with Gasteiger partial charge < -0.3 is 5.32 Å². The average Bonchev–Trinajstić information content (AvgIpc) is 2.49. The van der Waals surface area contributed by atoms with E-state index in [4.69, 9.17) is 0 Å². The molecule has 0 spiro atoms. The third kappa shape index (κ3) is 3.48. The zero-order valence-corrected chi connectivity index (χ0v) is 12.7. The molecule has 3 heteroatoms. The first-order valence-corrected chi connectivity index (χ1v) is 7.36. The lowest BCUT2D eigenvalue weighted by Crippen LogP contribution is -2.19. The molecule has 0 saturated carbocycles. The summed E-state index contributed by atoms with van der Waals surface area (Å²) in [5.41, 5.74) is 2.85. The van der Waals surface area contributed by atoms with E-state index in [1.165, 1.54) is 5.56 Å². The van der Waals surface area contributed by atoms with Crippen LogP contribution in [0.2, 0.25) is 0 Å². The Morgan fingerprint density at radius 2 is 1.67 bits per heavy atom. The molecular formula is C18H21F2N. The van der Waals surface area contributed by atoms with Crippen molar-refractivity contribution in [3.63, 3.8) is 0 Å². The minimum Gasteiger partial charge on any atom is -0.310 e. The van der Waals surface area contributed by atoms with Gasteiger partial charge in [0.05, 0.1) is 0 Å². The Kier molecular flexibility index (Phi) is 5.07. The molecule has 0 radical (unpaired) electrons. The molecule has 0 aliphatic rings. The molecule has 2 aromatic carbocycles. The highest BCUT2D eigenvalue weighted by atomic mass is 19.1. The molecule has 0 saturated heterocycles. The normalized spacial score (nSPS) is 12.4. The standard InChI is InChI=1S/C18H21F2N/c1-4-18(21-5-2)14-8-6-13(7-9-14)15-10-12(3)16(19)11-17(15)20/h6-11,18,21H,4-5H2,1-3H3. The molecule has 0 bridgehead atoms. The van der Waals surface area contributed by atoms with Gasteiger partial charge in [-0.3, -0.25) is 0 Å². The van der Waals surface area contributed by atoms with Crippen molar-refractivity contribution in [3.8, 4) is 11.1 Å².